The van der Waals surface area contributed by atoms with Crippen LogP contribution >= 0.6 is 0 Å². The van der Waals surface area contributed by atoms with Gasteiger partial charge in [-0.3, -0.25) is 9.97 Å². The Bertz CT molecular complexity index is 541. The number of nitrogens with zero attached hydrogens (tertiary/aromatic N) is 2. The van der Waals surface area contributed by atoms with Gasteiger partial charge in [-0.15, -0.1) is 0 Å². The average molecular weight is 240 g/mol. The Hall–Kier alpha value is -1.74. The molecule has 3 nitrogen and oxygen atoms in total. The Balaban J connectivity index is 1.96. The van der Waals surface area contributed by atoms with E-state index in [1.807, 2.05) is 18.2 Å². The van der Waals surface area contributed by atoms with Crippen LogP contribution in [-0.2, 0) is 18.4 Å². The third-order valence-corrected chi connectivity index (χ3v) is 3.65. The van der Waals surface area contributed by atoms with Crippen LogP contribution in [0.4, 0.5) is 0 Å². The second-order valence-corrected chi connectivity index (χ2v) is 4.92. The van der Waals surface area contributed by atoms with Crippen LogP contribution in [-0.4, -0.2) is 15.1 Å². The van der Waals surface area contributed by atoms with Gasteiger partial charge in [0.2, 0.25) is 0 Å². The van der Waals surface area contributed by atoms with Crippen LogP contribution in [0.3, 0.4) is 0 Å². The van der Waals surface area contributed by atoms with E-state index in [4.69, 9.17) is 0 Å². The number of benzene rings is 1. The van der Waals surface area contributed by atoms with Crippen molar-refractivity contribution < 1.29 is 5.11 Å². The van der Waals surface area contributed by atoms with Crippen molar-refractivity contribution in [3.05, 3.63) is 59.7 Å². The van der Waals surface area contributed by atoms with E-state index in [1.165, 1.54) is 5.56 Å². The van der Waals surface area contributed by atoms with Crippen molar-refractivity contribution in [2.45, 2.75) is 31.3 Å². The van der Waals surface area contributed by atoms with E-state index in [2.05, 4.69) is 16.0 Å². The first-order valence-corrected chi connectivity index (χ1v) is 6.34. The first kappa shape index (κ1) is 11.4. The van der Waals surface area contributed by atoms with Crippen LogP contribution in [0.25, 0.3) is 0 Å². The lowest BCUT2D eigenvalue weighted by atomic mass is 9.77. The lowest BCUT2D eigenvalue weighted by molar-refractivity contribution is 0.0180. The van der Waals surface area contributed by atoms with Crippen molar-refractivity contribution in [1.82, 2.24) is 9.97 Å². The minimum Gasteiger partial charge on any atom is -0.385 e. The van der Waals surface area contributed by atoms with Gasteiger partial charge in [0.15, 0.2) is 0 Å². The van der Waals surface area contributed by atoms with Crippen molar-refractivity contribution in [3.63, 3.8) is 0 Å². The van der Waals surface area contributed by atoms with Crippen molar-refractivity contribution in [2.75, 3.05) is 0 Å². The van der Waals surface area contributed by atoms with Gasteiger partial charge in [-0.25, -0.2) is 0 Å². The lowest BCUT2D eigenvalue weighted by Crippen LogP contribution is -2.33. The predicted molar refractivity (Wildman–Crippen MR) is 69.0 cm³/mol. The largest absolute Gasteiger partial charge is 0.385 e. The van der Waals surface area contributed by atoms with Crippen molar-refractivity contribution in [1.29, 1.82) is 0 Å². The molecule has 1 heterocycles. The summed E-state index contributed by atoms with van der Waals surface area (Å²) < 4.78 is 0. The van der Waals surface area contributed by atoms with E-state index < -0.39 is 5.60 Å². The highest BCUT2D eigenvalue weighted by Gasteiger charge is 2.34. The van der Waals surface area contributed by atoms with E-state index in [0.29, 0.717) is 6.42 Å². The fourth-order valence-corrected chi connectivity index (χ4v) is 2.80. The molecule has 2 aromatic rings. The summed E-state index contributed by atoms with van der Waals surface area (Å²) in [5, 5.41) is 10.9. The first-order chi connectivity index (χ1) is 8.78. The maximum absolute atomic E-state index is 10.9. The topological polar surface area (TPSA) is 46.0 Å². The second-order valence-electron chi connectivity index (χ2n) is 4.92. The molecule has 1 atom stereocenters. The minimum absolute atomic E-state index is 0.540. The Morgan fingerprint density at radius 1 is 1.22 bits per heavy atom. The second kappa shape index (κ2) is 4.50. The highest BCUT2D eigenvalue weighted by Crippen LogP contribution is 2.37. The van der Waals surface area contributed by atoms with Gasteiger partial charge < -0.3 is 5.11 Å². The van der Waals surface area contributed by atoms with E-state index in [9.17, 15) is 5.11 Å². The maximum Gasteiger partial charge on any atom is 0.0955 e. The number of aryl methyl sites for hydroxylation is 1. The zero-order chi connectivity index (χ0) is 12.4. The Morgan fingerprint density at radius 3 is 2.94 bits per heavy atom. The van der Waals surface area contributed by atoms with Crippen LogP contribution in [0.15, 0.2) is 42.9 Å². The number of fused-ring (bicyclic) bond motifs is 1. The smallest absolute Gasteiger partial charge is 0.0955 e. The fraction of sp³-hybridized carbons (Fsp3) is 0.333. The monoisotopic (exact) mass is 240 g/mol. The minimum atomic E-state index is -0.787. The summed E-state index contributed by atoms with van der Waals surface area (Å²) in [6, 6.07) is 8.17. The van der Waals surface area contributed by atoms with Gasteiger partial charge in [0.05, 0.1) is 11.3 Å². The first-order valence-electron chi connectivity index (χ1n) is 6.34. The maximum atomic E-state index is 10.9. The van der Waals surface area contributed by atoms with E-state index in [-0.39, 0.29) is 0 Å². The van der Waals surface area contributed by atoms with E-state index >= 15 is 0 Å². The molecule has 1 aromatic carbocycles. The van der Waals surface area contributed by atoms with Crippen LogP contribution in [0.1, 0.15) is 29.7 Å². The molecule has 92 valence electrons. The number of hydrogen-bond acceptors (Lipinski definition) is 3. The highest BCUT2D eigenvalue weighted by molar-refractivity contribution is 5.35. The van der Waals surface area contributed by atoms with Crippen LogP contribution in [0, 0.1) is 0 Å². The third kappa shape index (κ3) is 2.02. The molecule has 3 heteroatoms. The SMILES string of the molecule is OC1(Cc2cnccn2)CCCc2ccccc21. The number of rotatable bonds is 2. The molecule has 1 aliphatic carbocycles. The summed E-state index contributed by atoms with van der Waals surface area (Å²) in [6.07, 6.45) is 8.47. The Labute approximate surface area is 107 Å². The van der Waals surface area contributed by atoms with Crippen LogP contribution < -0.4 is 0 Å². The molecule has 0 fully saturated rings. The molecule has 0 bridgehead atoms. The summed E-state index contributed by atoms with van der Waals surface area (Å²) in [5.41, 5.74) is 2.37. The van der Waals surface area contributed by atoms with Gasteiger partial charge in [0.25, 0.3) is 0 Å². The summed E-state index contributed by atoms with van der Waals surface area (Å²) >= 11 is 0. The number of hydrogen-bond donors (Lipinski definition) is 1. The lowest BCUT2D eigenvalue weighted by Gasteiger charge is -2.34. The molecule has 1 aliphatic rings. The third-order valence-electron chi connectivity index (χ3n) is 3.65. The molecular formula is C15H16N2O. The predicted octanol–water partition coefficient (Wildman–Crippen LogP) is 2.24. The summed E-state index contributed by atoms with van der Waals surface area (Å²) in [7, 11) is 0. The molecular weight excluding hydrogens is 224 g/mol. The fourth-order valence-electron chi connectivity index (χ4n) is 2.80. The standard InChI is InChI=1S/C15H16N2O/c18-15(10-13-11-16-8-9-17-13)7-3-5-12-4-1-2-6-14(12)15/h1-2,4,6,8-9,11,18H,3,5,7,10H2. The van der Waals surface area contributed by atoms with Crippen LogP contribution in [0.5, 0.6) is 0 Å². The summed E-state index contributed by atoms with van der Waals surface area (Å²) in [6.45, 7) is 0. The summed E-state index contributed by atoms with van der Waals surface area (Å²) in [5.74, 6) is 0. The van der Waals surface area contributed by atoms with Gasteiger partial charge in [-0.2, -0.15) is 0 Å². The Kier molecular flexibility index (Phi) is 2.84. The number of aromatic nitrogens is 2. The van der Waals surface area contributed by atoms with Gasteiger partial charge in [0, 0.05) is 25.0 Å². The molecule has 0 aliphatic heterocycles. The van der Waals surface area contributed by atoms with Crippen LogP contribution in [0.2, 0.25) is 0 Å². The van der Waals surface area contributed by atoms with Crippen molar-refractivity contribution >= 4 is 0 Å². The highest BCUT2D eigenvalue weighted by atomic mass is 16.3. The molecule has 1 N–H and O–H groups in total. The quantitative estimate of drug-likeness (QED) is 0.875. The average Bonchev–Trinajstić information content (AvgIpc) is 2.40. The van der Waals surface area contributed by atoms with Crippen molar-refractivity contribution in [3.8, 4) is 0 Å². The molecule has 0 spiro atoms. The zero-order valence-electron chi connectivity index (χ0n) is 10.2. The molecule has 0 saturated carbocycles. The van der Waals surface area contributed by atoms with E-state index in [1.54, 1.807) is 18.6 Å². The molecule has 1 aromatic heterocycles. The van der Waals surface area contributed by atoms with Gasteiger partial charge >= 0.3 is 0 Å². The molecule has 0 amide bonds. The zero-order valence-corrected chi connectivity index (χ0v) is 10.2. The van der Waals surface area contributed by atoms with E-state index in [0.717, 1.165) is 30.5 Å². The van der Waals surface area contributed by atoms with Gasteiger partial charge in [-0.1, -0.05) is 24.3 Å². The summed E-state index contributed by atoms with van der Waals surface area (Å²) in [4.78, 5) is 8.33. The van der Waals surface area contributed by atoms with Gasteiger partial charge in [0.1, 0.15) is 0 Å². The molecule has 0 saturated heterocycles. The molecule has 1 unspecified atom stereocenters. The molecule has 18 heavy (non-hydrogen) atoms. The number of aliphatic hydroxyl groups is 1. The van der Waals surface area contributed by atoms with Gasteiger partial charge in [-0.05, 0) is 30.4 Å². The molecule has 0 radical (unpaired) electrons. The van der Waals surface area contributed by atoms with Crippen molar-refractivity contribution in [2.24, 2.45) is 0 Å². The Morgan fingerprint density at radius 2 is 2.11 bits per heavy atom. The molecule has 3 rings (SSSR count). The normalized spacial score (nSPS) is 22.5.